The smallest absolute Gasteiger partial charge is 0.407 e. The highest BCUT2D eigenvalue weighted by Gasteiger charge is 2.20. The molecule has 2 rings (SSSR count). The molecule has 1 N–H and O–H groups in total. The van der Waals surface area contributed by atoms with E-state index in [-0.39, 0.29) is 6.42 Å². The van der Waals surface area contributed by atoms with Crippen molar-refractivity contribution < 1.29 is 19.4 Å². The highest BCUT2D eigenvalue weighted by molar-refractivity contribution is 5.85. The van der Waals surface area contributed by atoms with Crippen molar-refractivity contribution in [3.05, 3.63) is 48.0 Å². The molecular weight excluding hydrogens is 306 g/mol. The third-order valence-electron chi connectivity index (χ3n) is 3.48. The van der Waals surface area contributed by atoms with E-state index in [0.717, 1.165) is 16.3 Å². The fourth-order valence-corrected chi connectivity index (χ4v) is 2.59. The Bertz CT molecular complexity index is 728. The van der Waals surface area contributed by atoms with Crippen LogP contribution in [0.3, 0.4) is 0 Å². The second-order valence-corrected chi connectivity index (χ2v) is 6.76. The van der Waals surface area contributed by atoms with Crippen LogP contribution in [0.5, 0.6) is 0 Å². The van der Waals surface area contributed by atoms with Crippen molar-refractivity contribution >= 4 is 22.8 Å². The SMILES string of the molecule is CC(C)(C)OC(=O)N[C@@H](CC(=O)[O-])Cc1cccc2ccccc12. The molecule has 0 bridgehead atoms. The molecule has 0 aromatic heterocycles. The van der Waals surface area contributed by atoms with Gasteiger partial charge in [-0.1, -0.05) is 42.5 Å². The summed E-state index contributed by atoms with van der Waals surface area (Å²) in [5, 5.41) is 15.8. The lowest BCUT2D eigenvalue weighted by Crippen LogP contribution is -2.43. The maximum Gasteiger partial charge on any atom is 0.407 e. The van der Waals surface area contributed by atoms with Gasteiger partial charge in [0.2, 0.25) is 0 Å². The van der Waals surface area contributed by atoms with E-state index in [9.17, 15) is 14.7 Å². The van der Waals surface area contributed by atoms with Gasteiger partial charge in [0.15, 0.2) is 0 Å². The van der Waals surface area contributed by atoms with Gasteiger partial charge in [-0.2, -0.15) is 0 Å². The Kier molecular flexibility index (Phi) is 5.44. The number of benzene rings is 2. The third-order valence-corrected chi connectivity index (χ3v) is 3.48. The minimum absolute atomic E-state index is 0.275. The molecule has 5 nitrogen and oxygen atoms in total. The van der Waals surface area contributed by atoms with Gasteiger partial charge in [0.1, 0.15) is 5.60 Å². The number of carbonyl (C=O) groups is 2. The minimum atomic E-state index is -1.21. The van der Waals surface area contributed by atoms with Crippen LogP contribution in [-0.4, -0.2) is 23.7 Å². The maximum atomic E-state index is 12.0. The zero-order chi connectivity index (χ0) is 17.7. The van der Waals surface area contributed by atoms with Gasteiger partial charge in [-0.25, -0.2) is 4.79 Å². The van der Waals surface area contributed by atoms with Crippen molar-refractivity contribution in [2.75, 3.05) is 0 Å². The second-order valence-electron chi connectivity index (χ2n) is 6.76. The lowest BCUT2D eigenvalue weighted by atomic mass is 9.97. The van der Waals surface area contributed by atoms with E-state index in [1.807, 2.05) is 42.5 Å². The number of carboxylic acid groups (broad SMARTS) is 1. The number of hydrogen-bond acceptors (Lipinski definition) is 4. The number of rotatable bonds is 5. The molecule has 2 aromatic carbocycles. The number of alkyl carbamates (subject to hydrolysis) is 1. The van der Waals surface area contributed by atoms with E-state index in [4.69, 9.17) is 4.74 Å². The second kappa shape index (κ2) is 7.34. The fourth-order valence-electron chi connectivity index (χ4n) is 2.59. The summed E-state index contributed by atoms with van der Waals surface area (Å²) in [5.74, 6) is -1.21. The molecule has 0 radical (unpaired) electrons. The van der Waals surface area contributed by atoms with Crippen molar-refractivity contribution in [1.29, 1.82) is 0 Å². The average molecular weight is 328 g/mol. The number of aliphatic carboxylic acids is 1. The summed E-state index contributed by atoms with van der Waals surface area (Å²) >= 11 is 0. The number of carboxylic acids is 1. The van der Waals surface area contributed by atoms with Crippen LogP contribution < -0.4 is 10.4 Å². The first-order valence-electron chi connectivity index (χ1n) is 7.90. The largest absolute Gasteiger partial charge is 0.550 e. The van der Waals surface area contributed by atoms with Crippen LogP contribution in [0.15, 0.2) is 42.5 Å². The van der Waals surface area contributed by atoms with Gasteiger partial charge in [0, 0.05) is 18.4 Å². The Labute approximate surface area is 141 Å². The van der Waals surface area contributed by atoms with Gasteiger partial charge < -0.3 is 20.0 Å². The third kappa shape index (κ3) is 5.26. The molecule has 128 valence electrons. The highest BCUT2D eigenvalue weighted by Crippen LogP contribution is 2.20. The van der Waals surface area contributed by atoms with Crippen LogP contribution in [0, 0.1) is 0 Å². The Morgan fingerprint density at radius 3 is 2.46 bits per heavy atom. The Balaban J connectivity index is 2.19. The summed E-state index contributed by atoms with van der Waals surface area (Å²) in [6.45, 7) is 5.27. The predicted octanol–water partition coefficient (Wildman–Crippen LogP) is 2.42. The van der Waals surface area contributed by atoms with Crippen LogP contribution in [0.4, 0.5) is 4.79 Å². The van der Waals surface area contributed by atoms with E-state index in [1.165, 1.54) is 0 Å². The molecule has 0 saturated heterocycles. The van der Waals surface area contributed by atoms with E-state index < -0.39 is 23.7 Å². The number of ether oxygens (including phenoxy) is 1. The Morgan fingerprint density at radius 2 is 1.79 bits per heavy atom. The van der Waals surface area contributed by atoms with Crippen LogP contribution in [0.25, 0.3) is 10.8 Å². The highest BCUT2D eigenvalue weighted by atomic mass is 16.6. The van der Waals surface area contributed by atoms with Crippen molar-refractivity contribution in [3.8, 4) is 0 Å². The fraction of sp³-hybridized carbons (Fsp3) is 0.368. The van der Waals surface area contributed by atoms with Gasteiger partial charge in [-0.15, -0.1) is 0 Å². The molecule has 0 spiro atoms. The summed E-state index contributed by atoms with van der Waals surface area (Å²) in [7, 11) is 0. The van der Waals surface area contributed by atoms with Crippen molar-refractivity contribution in [2.24, 2.45) is 0 Å². The van der Waals surface area contributed by atoms with Crippen LogP contribution >= 0.6 is 0 Å². The first-order chi connectivity index (χ1) is 11.2. The molecule has 1 amide bonds. The number of fused-ring (bicyclic) bond motifs is 1. The quantitative estimate of drug-likeness (QED) is 0.914. The molecule has 0 saturated carbocycles. The monoisotopic (exact) mass is 328 g/mol. The molecule has 0 fully saturated rings. The molecular formula is C19H22NO4-. The number of nitrogens with one attached hydrogen (secondary N) is 1. The average Bonchev–Trinajstić information content (AvgIpc) is 2.44. The molecule has 0 unspecified atom stereocenters. The van der Waals surface area contributed by atoms with Crippen LogP contribution in [0.2, 0.25) is 0 Å². The molecule has 0 aliphatic rings. The van der Waals surface area contributed by atoms with E-state index >= 15 is 0 Å². The molecule has 0 heterocycles. The van der Waals surface area contributed by atoms with Crippen LogP contribution in [0.1, 0.15) is 32.8 Å². The summed E-state index contributed by atoms with van der Waals surface area (Å²) < 4.78 is 5.21. The molecule has 24 heavy (non-hydrogen) atoms. The molecule has 0 aliphatic heterocycles. The van der Waals surface area contributed by atoms with Crippen LogP contribution in [-0.2, 0) is 16.0 Å². The zero-order valence-electron chi connectivity index (χ0n) is 14.2. The number of hydrogen-bond donors (Lipinski definition) is 1. The molecule has 0 aliphatic carbocycles. The minimum Gasteiger partial charge on any atom is -0.550 e. The molecule has 5 heteroatoms. The van der Waals surface area contributed by atoms with Crippen molar-refractivity contribution in [2.45, 2.75) is 45.3 Å². The normalized spacial score (nSPS) is 12.6. The van der Waals surface area contributed by atoms with Gasteiger partial charge >= 0.3 is 6.09 Å². The number of carbonyl (C=O) groups excluding carboxylic acids is 2. The lowest BCUT2D eigenvalue weighted by Gasteiger charge is -2.24. The lowest BCUT2D eigenvalue weighted by molar-refractivity contribution is -0.306. The molecule has 2 aromatic rings. The van der Waals surface area contributed by atoms with Gasteiger partial charge in [-0.3, -0.25) is 0 Å². The summed E-state index contributed by atoms with van der Waals surface area (Å²) in [5.41, 5.74) is 0.325. The number of amides is 1. The summed E-state index contributed by atoms with van der Waals surface area (Å²) in [6, 6.07) is 13.1. The topological polar surface area (TPSA) is 78.5 Å². The van der Waals surface area contributed by atoms with Crippen molar-refractivity contribution in [3.63, 3.8) is 0 Å². The Hall–Kier alpha value is -2.56. The maximum absolute atomic E-state index is 12.0. The predicted molar refractivity (Wildman–Crippen MR) is 90.4 cm³/mol. The molecule has 1 atom stereocenters. The zero-order valence-corrected chi connectivity index (χ0v) is 14.2. The standard InChI is InChI=1S/C19H23NO4/c1-19(2,3)24-18(23)20-15(12-17(21)22)11-14-9-6-8-13-7-4-5-10-16(13)14/h4-10,15H,11-12H2,1-3H3,(H,20,23)(H,21,22)/p-1/t15-/m1/s1. The van der Waals surface area contributed by atoms with Gasteiger partial charge in [0.25, 0.3) is 0 Å². The van der Waals surface area contributed by atoms with Gasteiger partial charge in [0.05, 0.1) is 0 Å². The first-order valence-corrected chi connectivity index (χ1v) is 7.90. The Morgan fingerprint density at radius 1 is 1.12 bits per heavy atom. The van der Waals surface area contributed by atoms with E-state index in [1.54, 1.807) is 20.8 Å². The van der Waals surface area contributed by atoms with E-state index in [0.29, 0.717) is 6.42 Å². The van der Waals surface area contributed by atoms with E-state index in [2.05, 4.69) is 5.32 Å². The summed E-state index contributed by atoms with van der Waals surface area (Å²) in [6.07, 6.45) is -0.522. The first kappa shape index (κ1) is 17.8. The summed E-state index contributed by atoms with van der Waals surface area (Å²) in [4.78, 5) is 23.0. The van der Waals surface area contributed by atoms with Crippen molar-refractivity contribution in [1.82, 2.24) is 5.32 Å². The van der Waals surface area contributed by atoms with Gasteiger partial charge in [-0.05, 0) is 43.5 Å².